The predicted molar refractivity (Wildman–Crippen MR) is 103 cm³/mol. The molecule has 0 saturated heterocycles. The number of aryl methyl sites for hydroxylation is 2. The van der Waals surface area contributed by atoms with Crippen LogP contribution in [0, 0.1) is 13.8 Å². The van der Waals surface area contributed by atoms with E-state index < -0.39 is 11.9 Å². The third kappa shape index (κ3) is 5.42. The van der Waals surface area contributed by atoms with Gasteiger partial charge in [0.05, 0.1) is 5.56 Å². The number of nitrogens with one attached hydrogen (secondary N) is 2. The number of carbonyl (C=O) groups excluding carboxylic acids is 3. The summed E-state index contributed by atoms with van der Waals surface area (Å²) in [6.45, 7) is 4.87. The first-order chi connectivity index (χ1) is 12.3. The van der Waals surface area contributed by atoms with Gasteiger partial charge in [-0.2, -0.15) is 0 Å². The fraction of sp³-hybridized carbons (Fsp3) is 0.211. The van der Waals surface area contributed by atoms with Gasteiger partial charge in [0.1, 0.15) is 0 Å². The van der Waals surface area contributed by atoms with E-state index in [9.17, 15) is 14.4 Å². The minimum Gasteiger partial charge on any atom is -0.452 e. The number of halogens is 1. The summed E-state index contributed by atoms with van der Waals surface area (Å²) in [5.74, 6) is -1.23. The number of amides is 2. The number of ether oxygens (including phenoxy) is 1. The third-order valence-corrected chi connectivity index (χ3v) is 4.75. The van der Waals surface area contributed by atoms with E-state index in [1.807, 2.05) is 26.0 Å². The highest BCUT2D eigenvalue weighted by atomic mass is 79.9. The van der Waals surface area contributed by atoms with E-state index in [0.29, 0.717) is 16.9 Å². The Kier molecular flexibility index (Phi) is 6.52. The molecule has 0 unspecified atom stereocenters. The van der Waals surface area contributed by atoms with Crippen LogP contribution < -0.4 is 10.6 Å². The summed E-state index contributed by atoms with van der Waals surface area (Å²) in [5, 5.41) is 5.31. The minimum absolute atomic E-state index is 0.199. The van der Waals surface area contributed by atoms with Crippen LogP contribution in [0.5, 0.6) is 0 Å². The van der Waals surface area contributed by atoms with Crippen molar-refractivity contribution in [3.8, 4) is 0 Å². The maximum Gasteiger partial charge on any atom is 0.338 e. The Morgan fingerprint density at radius 3 is 2.08 bits per heavy atom. The molecule has 2 aromatic rings. The first-order valence-corrected chi connectivity index (χ1v) is 8.67. The highest BCUT2D eigenvalue weighted by Gasteiger charge is 2.11. The van der Waals surface area contributed by atoms with Crippen LogP contribution in [0.2, 0.25) is 0 Å². The summed E-state index contributed by atoms with van der Waals surface area (Å²) in [6.07, 6.45) is 0. The average Bonchev–Trinajstić information content (AvgIpc) is 2.57. The number of hydrogen-bond donors (Lipinski definition) is 2. The van der Waals surface area contributed by atoms with Gasteiger partial charge in [0.25, 0.3) is 5.91 Å². The lowest BCUT2D eigenvalue weighted by Crippen LogP contribution is -2.21. The van der Waals surface area contributed by atoms with Gasteiger partial charge in [-0.05, 0) is 61.4 Å². The molecule has 2 N–H and O–H groups in total. The molecule has 0 aliphatic heterocycles. The second-order valence-corrected chi connectivity index (χ2v) is 6.60. The zero-order chi connectivity index (χ0) is 19.3. The van der Waals surface area contributed by atoms with E-state index in [2.05, 4.69) is 26.6 Å². The van der Waals surface area contributed by atoms with Crippen LogP contribution >= 0.6 is 15.9 Å². The fourth-order valence-corrected chi connectivity index (χ4v) is 2.55. The molecule has 0 radical (unpaired) electrons. The molecular formula is C19H19BrN2O4. The molecule has 0 spiro atoms. The second-order valence-electron chi connectivity index (χ2n) is 5.81. The van der Waals surface area contributed by atoms with Crippen molar-refractivity contribution in [2.45, 2.75) is 20.8 Å². The molecule has 0 heterocycles. The van der Waals surface area contributed by atoms with Crippen LogP contribution in [0.4, 0.5) is 11.4 Å². The molecule has 0 saturated carbocycles. The van der Waals surface area contributed by atoms with Crippen LogP contribution in [0.15, 0.2) is 40.9 Å². The van der Waals surface area contributed by atoms with Crippen molar-refractivity contribution in [3.05, 3.63) is 57.6 Å². The summed E-state index contributed by atoms with van der Waals surface area (Å²) in [7, 11) is 0. The van der Waals surface area contributed by atoms with Crippen molar-refractivity contribution in [2.24, 2.45) is 0 Å². The van der Waals surface area contributed by atoms with Gasteiger partial charge in [0.2, 0.25) is 5.91 Å². The van der Waals surface area contributed by atoms with Gasteiger partial charge in [0.15, 0.2) is 6.61 Å². The Morgan fingerprint density at radius 1 is 0.962 bits per heavy atom. The van der Waals surface area contributed by atoms with Crippen LogP contribution in [-0.4, -0.2) is 24.4 Å². The smallest absolute Gasteiger partial charge is 0.338 e. The Balaban J connectivity index is 1.90. The fourth-order valence-electron chi connectivity index (χ4n) is 2.32. The van der Waals surface area contributed by atoms with E-state index in [-0.39, 0.29) is 12.5 Å². The van der Waals surface area contributed by atoms with Crippen molar-refractivity contribution in [2.75, 3.05) is 17.2 Å². The maximum atomic E-state index is 12.0. The zero-order valence-electron chi connectivity index (χ0n) is 14.7. The summed E-state index contributed by atoms with van der Waals surface area (Å²) in [4.78, 5) is 34.9. The number of anilines is 2. The van der Waals surface area contributed by atoms with Gasteiger partial charge >= 0.3 is 5.97 Å². The Morgan fingerprint density at radius 2 is 1.54 bits per heavy atom. The van der Waals surface area contributed by atoms with E-state index >= 15 is 0 Å². The average molecular weight is 419 g/mol. The Bertz CT molecular complexity index is 824. The SMILES string of the molecule is CC(=O)Nc1ccc(C(=O)OCC(=O)Nc2cc(C)c(Br)c(C)c2)cc1. The van der Waals surface area contributed by atoms with Gasteiger partial charge in [0, 0.05) is 22.8 Å². The second kappa shape index (κ2) is 8.62. The number of hydrogen-bond acceptors (Lipinski definition) is 4. The quantitative estimate of drug-likeness (QED) is 0.722. The molecule has 0 fully saturated rings. The van der Waals surface area contributed by atoms with E-state index in [4.69, 9.17) is 4.74 Å². The van der Waals surface area contributed by atoms with Gasteiger partial charge in [-0.3, -0.25) is 9.59 Å². The lowest BCUT2D eigenvalue weighted by Gasteiger charge is -2.10. The van der Waals surface area contributed by atoms with Crippen LogP contribution in [0.1, 0.15) is 28.4 Å². The molecule has 26 heavy (non-hydrogen) atoms. The third-order valence-electron chi connectivity index (χ3n) is 3.50. The molecule has 0 atom stereocenters. The van der Waals surface area contributed by atoms with Gasteiger partial charge in [-0.1, -0.05) is 15.9 Å². The van der Waals surface area contributed by atoms with Crippen LogP contribution in [0.3, 0.4) is 0 Å². The van der Waals surface area contributed by atoms with Crippen molar-refractivity contribution in [1.29, 1.82) is 0 Å². The van der Waals surface area contributed by atoms with Crippen molar-refractivity contribution >= 4 is 45.1 Å². The van der Waals surface area contributed by atoms with Crippen LogP contribution in [-0.2, 0) is 14.3 Å². The molecule has 0 bridgehead atoms. The molecule has 6 nitrogen and oxygen atoms in total. The molecule has 0 aliphatic carbocycles. The molecule has 2 amide bonds. The first-order valence-electron chi connectivity index (χ1n) is 7.87. The lowest BCUT2D eigenvalue weighted by molar-refractivity contribution is -0.119. The highest BCUT2D eigenvalue weighted by Crippen LogP contribution is 2.24. The van der Waals surface area contributed by atoms with Gasteiger partial charge in [-0.15, -0.1) is 0 Å². The van der Waals surface area contributed by atoms with Crippen molar-refractivity contribution in [1.82, 2.24) is 0 Å². The largest absolute Gasteiger partial charge is 0.452 e. The normalized spacial score (nSPS) is 10.2. The standard InChI is InChI=1S/C19H19BrN2O4/c1-11-8-16(9-12(2)18(11)20)22-17(24)10-26-19(25)14-4-6-15(7-5-14)21-13(3)23/h4-9H,10H2,1-3H3,(H,21,23)(H,22,24). The summed E-state index contributed by atoms with van der Waals surface area (Å²) in [5.41, 5.74) is 3.51. The molecule has 136 valence electrons. The molecule has 0 aliphatic rings. The predicted octanol–water partition coefficient (Wildman–Crippen LogP) is 3.82. The number of esters is 1. The molecular weight excluding hydrogens is 400 g/mol. The van der Waals surface area contributed by atoms with Crippen molar-refractivity contribution < 1.29 is 19.1 Å². The van der Waals surface area contributed by atoms with E-state index in [1.54, 1.807) is 12.1 Å². The minimum atomic E-state index is -0.613. The molecule has 0 aromatic heterocycles. The monoisotopic (exact) mass is 418 g/mol. The summed E-state index contributed by atoms with van der Waals surface area (Å²) in [6, 6.07) is 9.88. The Labute approximate surface area is 160 Å². The Hall–Kier alpha value is -2.67. The number of carbonyl (C=O) groups is 3. The number of benzene rings is 2. The number of rotatable bonds is 5. The van der Waals surface area contributed by atoms with Crippen molar-refractivity contribution in [3.63, 3.8) is 0 Å². The maximum absolute atomic E-state index is 12.0. The zero-order valence-corrected chi connectivity index (χ0v) is 16.3. The molecule has 7 heteroatoms. The highest BCUT2D eigenvalue weighted by molar-refractivity contribution is 9.10. The van der Waals surface area contributed by atoms with Gasteiger partial charge < -0.3 is 15.4 Å². The molecule has 2 aromatic carbocycles. The first kappa shape index (κ1) is 19.7. The lowest BCUT2D eigenvalue weighted by atomic mass is 10.1. The van der Waals surface area contributed by atoms with Crippen LogP contribution in [0.25, 0.3) is 0 Å². The summed E-state index contributed by atoms with van der Waals surface area (Å²) < 4.78 is 6.01. The van der Waals surface area contributed by atoms with Gasteiger partial charge in [-0.25, -0.2) is 4.79 Å². The van der Waals surface area contributed by atoms with E-state index in [1.165, 1.54) is 19.1 Å². The van der Waals surface area contributed by atoms with E-state index in [0.717, 1.165) is 15.6 Å². The molecule has 2 rings (SSSR count). The summed E-state index contributed by atoms with van der Waals surface area (Å²) >= 11 is 3.47. The topological polar surface area (TPSA) is 84.5 Å².